The molecular weight excluding hydrogens is 327 g/mol. The zero-order valence-electron chi connectivity index (χ0n) is 10.7. The molecule has 0 aromatic heterocycles. The molecule has 0 unspecified atom stereocenters. The molecule has 0 aliphatic carbocycles. The van der Waals surface area contributed by atoms with Crippen LogP contribution in [0.5, 0.6) is 0 Å². The van der Waals surface area contributed by atoms with Gasteiger partial charge in [-0.3, -0.25) is 4.99 Å². The highest BCUT2D eigenvalue weighted by Crippen LogP contribution is 2.07. The van der Waals surface area contributed by atoms with Gasteiger partial charge in [-0.05, 0) is 25.9 Å². The Bertz CT molecular complexity index is 225. The van der Waals surface area contributed by atoms with E-state index >= 15 is 0 Å². The molecule has 2 N–H and O–H groups in total. The quantitative estimate of drug-likeness (QED) is 0.341. The Hall–Kier alpha value is -0.300. The van der Waals surface area contributed by atoms with Crippen LogP contribution in [-0.2, 0) is 0 Å². The van der Waals surface area contributed by atoms with E-state index in [1.54, 1.807) is 7.05 Å². The van der Waals surface area contributed by atoms with Gasteiger partial charge in [-0.1, -0.05) is 12.5 Å². The smallest absolute Gasteiger partial charge is 0.191 e. The summed E-state index contributed by atoms with van der Waals surface area (Å²) in [7, 11) is 1.79. The van der Waals surface area contributed by atoms with Crippen LogP contribution in [0.15, 0.2) is 17.6 Å². The van der Waals surface area contributed by atoms with E-state index in [9.17, 15) is 0 Å². The summed E-state index contributed by atoms with van der Waals surface area (Å²) in [5, 5.41) is 6.46. The monoisotopic (exact) mass is 352 g/mol. The maximum absolute atomic E-state index is 4.14. The molecule has 1 rings (SSSR count). The summed E-state index contributed by atoms with van der Waals surface area (Å²) in [5.41, 5.74) is 0. The van der Waals surface area contributed by atoms with Crippen molar-refractivity contribution < 1.29 is 0 Å². The van der Waals surface area contributed by atoms with Crippen molar-refractivity contribution in [1.82, 2.24) is 15.5 Å². The molecule has 0 spiro atoms. The molecule has 0 amide bonds. The zero-order chi connectivity index (χ0) is 11.6. The molecular formula is C12H25IN4. The van der Waals surface area contributed by atoms with E-state index in [0.29, 0.717) is 0 Å². The van der Waals surface area contributed by atoms with Gasteiger partial charge in [-0.25, -0.2) is 0 Å². The third-order valence-electron chi connectivity index (χ3n) is 2.81. The predicted octanol–water partition coefficient (Wildman–Crippen LogP) is 1.44. The number of guanidine groups is 1. The molecule has 0 radical (unpaired) electrons. The number of halogens is 1. The number of likely N-dealkylation sites (tertiary alicyclic amines) is 1. The first kappa shape index (κ1) is 16.7. The lowest BCUT2D eigenvalue weighted by molar-refractivity contribution is 0.232. The van der Waals surface area contributed by atoms with Crippen LogP contribution in [0, 0.1) is 0 Å². The van der Waals surface area contributed by atoms with Crippen molar-refractivity contribution in [2.45, 2.75) is 19.3 Å². The van der Waals surface area contributed by atoms with Crippen LogP contribution in [0.3, 0.4) is 0 Å². The topological polar surface area (TPSA) is 39.7 Å². The van der Waals surface area contributed by atoms with Crippen LogP contribution in [0.1, 0.15) is 19.3 Å². The fourth-order valence-corrected chi connectivity index (χ4v) is 1.90. The van der Waals surface area contributed by atoms with E-state index in [1.165, 1.54) is 32.4 Å². The fraction of sp³-hybridized carbons (Fsp3) is 0.750. The minimum atomic E-state index is 0. The summed E-state index contributed by atoms with van der Waals surface area (Å²) >= 11 is 0. The standard InChI is InChI=1S/C12H24N4.HI/c1-3-7-14-12(13-2)15-8-11-16-9-5-4-6-10-16;/h3H,1,4-11H2,2H3,(H2,13,14,15);1H. The van der Waals surface area contributed by atoms with E-state index in [-0.39, 0.29) is 24.0 Å². The van der Waals surface area contributed by atoms with Crippen LogP contribution in [0.4, 0.5) is 0 Å². The third-order valence-corrected chi connectivity index (χ3v) is 2.81. The number of hydrogen-bond donors (Lipinski definition) is 2. The van der Waals surface area contributed by atoms with Gasteiger partial charge >= 0.3 is 0 Å². The van der Waals surface area contributed by atoms with Crippen LogP contribution < -0.4 is 10.6 Å². The normalized spacial score (nSPS) is 17.1. The van der Waals surface area contributed by atoms with Crippen LogP contribution >= 0.6 is 24.0 Å². The van der Waals surface area contributed by atoms with E-state index in [4.69, 9.17) is 0 Å². The first-order valence-electron chi connectivity index (χ1n) is 6.14. The molecule has 5 heteroatoms. The van der Waals surface area contributed by atoms with Crippen molar-refractivity contribution in [2.24, 2.45) is 4.99 Å². The van der Waals surface area contributed by atoms with Gasteiger partial charge in [0.1, 0.15) is 0 Å². The van der Waals surface area contributed by atoms with E-state index in [2.05, 4.69) is 27.1 Å². The molecule has 100 valence electrons. The van der Waals surface area contributed by atoms with Crippen molar-refractivity contribution in [2.75, 3.05) is 39.8 Å². The number of hydrogen-bond acceptors (Lipinski definition) is 2. The summed E-state index contributed by atoms with van der Waals surface area (Å²) < 4.78 is 0. The van der Waals surface area contributed by atoms with Crippen molar-refractivity contribution in [3.63, 3.8) is 0 Å². The van der Waals surface area contributed by atoms with Crippen LogP contribution in [-0.4, -0.2) is 50.6 Å². The van der Waals surface area contributed by atoms with Crippen molar-refractivity contribution in [3.05, 3.63) is 12.7 Å². The van der Waals surface area contributed by atoms with Crippen molar-refractivity contribution >= 4 is 29.9 Å². The molecule has 1 aliphatic rings. The average molecular weight is 352 g/mol. The lowest BCUT2D eigenvalue weighted by Crippen LogP contribution is -2.42. The molecule has 0 aromatic rings. The molecule has 0 atom stereocenters. The summed E-state index contributed by atoms with van der Waals surface area (Å²) in [6.07, 6.45) is 5.93. The van der Waals surface area contributed by atoms with Gasteiger partial charge in [0.25, 0.3) is 0 Å². The number of nitrogens with zero attached hydrogens (tertiary/aromatic N) is 2. The van der Waals surface area contributed by atoms with Gasteiger partial charge in [-0.15, -0.1) is 30.6 Å². The second-order valence-corrected chi connectivity index (χ2v) is 4.07. The Morgan fingerprint density at radius 3 is 2.59 bits per heavy atom. The first-order valence-corrected chi connectivity index (χ1v) is 6.14. The molecule has 0 bridgehead atoms. The van der Waals surface area contributed by atoms with E-state index < -0.39 is 0 Å². The van der Waals surface area contributed by atoms with Gasteiger partial charge in [0.2, 0.25) is 0 Å². The first-order chi connectivity index (χ1) is 7.86. The maximum atomic E-state index is 4.14. The van der Waals surface area contributed by atoms with Crippen LogP contribution in [0.25, 0.3) is 0 Å². The number of piperidine rings is 1. The largest absolute Gasteiger partial charge is 0.355 e. The Kier molecular flexibility index (Phi) is 10.6. The second-order valence-electron chi connectivity index (χ2n) is 4.07. The minimum absolute atomic E-state index is 0. The minimum Gasteiger partial charge on any atom is -0.355 e. The Morgan fingerprint density at radius 1 is 1.29 bits per heavy atom. The predicted molar refractivity (Wildman–Crippen MR) is 85.3 cm³/mol. The Labute approximate surface area is 122 Å². The van der Waals surface area contributed by atoms with Crippen molar-refractivity contribution in [1.29, 1.82) is 0 Å². The number of rotatable bonds is 5. The highest BCUT2D eigenvalue weighted by Gasteiger charge is 2.08. The van der Waals surface area contributed by atoms with Gasteiger partial charge < -0.3 is 15.5 Å². The summed E-state index contributed by atoms with van der Waals surface area (Å²) in [6.45, 7) is 8.98. The summed E-state index contributed by atoms with van der Waals surface area (Å²) in [6, 6.07) is 0. The summed E-state index contributed by atoms with van der Waals surface area (Å²) in [4.78, 5) is 6.65. The fourth-order valence-electron chi connectivity index (χ4n) is 1.90. The van der Waals surface area contributed by atoms with Gasteiger partial charge in [0.05, 0.1) is 0 Å². The second kappa shape index (κ2) is 10.8. The zero-order valence-corrected chi connectivity index (χ0v) is 13.1. The summed E-state index contributed by atoms with van der Waals surface area (Å²) in [5.74, 6) is 0.858. The van der Waals surface area contributed by atoms with Gasteiger partial charge in [0, 0.05) is 26.7 Å². The molecule has 1 saturated heterocycles. The third kappa shape index (κ3) is 7.59. The van der Waals surface area contributed by atoms with E-state index in [0.717, 1.165) is 25.6 Å². The Morgan fingerprint density at radius 2 is 2.00 bits per heavy atom. The molecule has 0 aromatic carbocycles. The molecule has 0 saturated carbocycles. The van der Waals surface area contributed by atoms with E-state index in [1.807, 2.05) is 6.08 Å². The maximum Gasteiger partial charge on any atom is 0.191 e. The van der Waals surface area contributed by atoms with Crippen molar-refractivity contribution in [3.8, 4) is 0 Å². The highest BCUT2D eigenvalue weighted by atomic mass is 127. The molecule has 4 nitrogen and oxygen atoms in total. The lowest BCUT2D eigenvalue weighted by atomic mass is 10.1. The van der Waals surface area contributed by atoms with Crippen LogP contribution in [0.2, 0.25) is 0 Å². The Balaban J connectivity index is 0.00000256. The van der Waals surface area contributed by atoms with Gasteiger partial charge in [0.15, 0.2) is 5.96 Å². The molecule has 1 aliphatic heterocycles. The average Bonchev–Trinajstić information content (AvgIpc) is 2.35. The number of nitrogens with one attached hydrogen (secondary N) is 2. The van der Waals surface area contributed by atoms with Gasteiger partial charge in [-0.2, -0.15) is 0 Å². The lowest BCUT2D eigenvalue weighted by Gasteiger charge is -2.26. The molecule has 1 heterocycles. The molecule has 1 fully saturated rings. The highest BCUT2D eigenvalue weighted by molar-refractivity contribution is 14.0. The number of aliphatic imine (C=N–C) groups is 1. The molecule has 17 heavy (non-hydrogen) atoms. The SMILES string of the molecule is C=CCNC(=NC)NCCN1CCCCC1.I.